The highest BCUT2D eigenvalue weighted by Gasteiger charge is 2.50. The topological polar surface area (TPSA) is 51.7 Å². The van der Waals surface area contributed by atoms with Crippen molar-refractivity contribution in [1.29, 1.82) is 0 Å². The summed E-state index contributed by atoms with van der Waals surface area (Å²) < 4.78 is 11.4. The number of aromatic nitrogens is 1. The van der Waals surface area contributed by atoms with Gasteiger partial charge in [-0.2, -0.15) is 0 Å². The molecule has 0 bridgehead atoms. The van der Waals surface area contributed by atoms with Crippen LogP contribution in [0.15, 0.2) is 24.5 Å². The van der Waals surface area contributed by atoms with Gasteiger partial charge in [0.2, 0.25) is 5.91 Å². The smallest absolute Gasteiger partial charge is 0.248 e. The number of carbonyl (C=O) groups is 1. The molecule has 0 aliphatic carbocycles. The molecule has 0 N–H and O–H groups in total. The molecule has 2 saturated heterocycles. The molecule has 3 heterocycles. The Kier molecular flexibility index (Phi) is 5.00. The van der Waals surface area contributed by atoms with Gasteiger partial charge < -0.3 is 14.4 Å². The fourth-order valence-electron chi connectivity index (χ4n) is 2.93. The molecule has 1 aromatic heterocycles. The lowest BCUT2D eigenvalue weighted by Crippen LogP contribution is -2.61. The Morgan fingerprint density at radius 1 is 1.45 bits per heavy atom. The van der Waals surface area contributed by atoms with E-state index in [0.29, 0.717) is 13.2 Å². The number of rotatable bonds is 6. The molecule has 0 unspecified atom stereocenters. The molecule has 22 heavy (non-hydrogen) atoms. The Labute approximate surface area is 135 Å². The van der Waals surface area contributed by atoms with E-state index in [1.165, 1.54) is 0 Å². The highest BCUT2D eigenvalue weighted by atomic mass is 32.2. The summed E-state index contributed by atoms with van der Waals surface area (Å²) in [7, 11) is 0. The first-order valence-electron chi connectivity index (χ1n) is 7.71. The summed E-state index contributed by atoms with van der Waals surface area (Å²) in [6.45, 7) is 5.00. The minimum atomic E-state index is 0.106. The number of hydrogen-bond donors (Lipinski definition) is 0. The molecule has 5 nitrogen and oxygen atoms in total. The van der Waals surface area contributed by atoms with Crippen molar-refractivity contribution in [2.24, 2.45) is 0 Å². The van der Waals surface area contributed by atoms with E-state index in [9.17, 15) is 4.79 Å². The summed E-state index contributed by atoms with van der Waals surface area (Å²) in [6, 6.07) is 3.96. The first-order chi connectivity index (χ1) is 10.7. The lowest BCUT2D eigenvalue weighted by Gasteiger charge is -2.47. The zero-order valence-electron chi connectivity index (χ0n) is 12.9. The summed E-state index contributed by atoms with van der Waals surface area (Å²) in [5.74, 6) is 1.12. The number of pyridine rings is 1. The van der Waals surface area contributed by atoms with Crippen LogP contribution in [0.25, 0.3) is 0 Å². The predicted octanol–water partition coefficient (Wildman–Crippen LogP) is 1.72. The monoisotopic (exact) mass is 322 g/mol. The maximum atomic E-state index is 11.9. The average Bonchev–Trinajstić information content (AvgIpc) is 2.95. The van der Waals surface area contributed by atoms with Gasteiger partial charge in [0.15, 0.2) is 0 Å². The molecule has 120 valence electrons. The molecular formula is C16H22N2O3S. The maximum absolute atomic E-state index is 11.9. The van der Waals surface area contributed by atoms with Crippen molar-refractivity contribution < 1.29 is 14.3 Å². The maximum Gasteiger partial charge on any atom is 0.248 e. The number of hydrogen-bond acceptors (Lipinski definition) is 5. The Morgan fingerprint density at radius 2 is 2.23 bits per heavy atom. The summed E-state index contributed by atoms with van der Waals surface area (Å²) >= 11 is 1.95. The second-order valence-corrected chi connectivity index (χ2v) is 7.36. The normalized spacial score (nSPS) is 22.8. The van der Waals surface area contributed by atoms with Crippen molar-refractivity contribution in [2.75, 3.05) is 32.1 Å². The lowest BCUT2D eigenvalue weighted by atomic mass is 9.93. The summed E-state index contributed by atoms with van der Waals surface area (Å²) in [6.07, 6.45) is 4.89. The van der Waals surface area contributed by atoms with Crippen LogP contribution in [0.5, 0.6) is 0 Å². The van der Waals surface area contributed by atoms with E-state index < -0.39 is 0 Å². The molecule has 2 aliphatic heterocycles. The third-order valence-corrected chi connectivity index (χ3v) is 5.73. The van der Waals surface area contributed by atoms with Crippen molar-refractivity contribution in [3.05, 3.63) is 30.1 Å². The van der Waals surface area contributed by atoms with Crippen LogP contribution >= 0.6 is 11.8 Å². The number of ether oxygens (including phenoxy) is 2. The predicted molar refractivity (Wildman–Crippen MR) is 85.7 cm³/mol. The molecule has 1 spiro atoms. The van der Waals surface area contributed by atoms with Gasteiger partial charge in [0.05, 0.1) is 17.5 Å². The Hall–Kier alpha value is -1.11. The fourth-order valence-corrected chi connectivity index (χ4v) is 4.48. The van der Waals surface area contributed by atoms with Crippen LogP contribution in [0.4, 0.5) is 0 Å². The third kappa shape index (κ3) is 3.62. The van der Waals surface area contributed by atoms with Gasteiger partial charge in [0.1, 0.15) is 6.61 Å². The largest absolute Gasteiger partial charge is 0.373 e. The average molecular weight is 322 g/mol. The van der Waals surface area contributed by atoms with Gasteiger partial charge >= 0.3 is 0 Å². The molecule has 0 saturated carbocycles. The first-order valence-corrected chi connectivity index (χ1v) is 8.69. The van der Waals surface area contributed by atoms with Gasteiger partial charge in [-0.05, 0) is 31.0 Å². The van der Waals surface area contributed by atoms with Crippen molar-refractivity contribution in [2.45, 2.75) is 30.8 Å². The van der Waals surface area contributed by atoms with Crippen molar-refractivity contribution in [1.82, 2.24) is 9.88 Å². The highest BCUT2D eigenvalue weighted by Crippen LogP contribution is 2.46. The summed E-state index contributed by atoms with van der Waals surface area (Å²) in [5, 5.41) is 0. The second-order valence-electron chi connectivity index (χ2n) is 5.87. The molecule has 1 atom stereocenters. The lowest BCUT2D eigenvalue weighted by molar-refractivity contribution is -0.141. The van der Waals surface area contributed by atoms with E-state index in [1.54, 1.807) is 12.4 Å². The van der Waals surface area contributed by atoms with Gasteiger partial charge in [0, 0.05) is 37.8 Å². The van der Waals surface area contributed by atoms with Crippen LogP contribution in [-0.2, 0) is 20.9 Å². The van der Waals surface area contributed by atoms with Crippen molar-refractivity contribution >= 4 is 17.7 Å². The molecule has 0 aromatic carbocycles. The third-order valence-electron chi connectivity index (χ3n) is 4.15. The second kappa shape index (κ2) is 6.98. The van der Waals surface area contributed by atoms with Crippen LogP contribution < -0.4 is 0 Å². The highest BCUT2D eigenvalue weighted by molar-refractivity contribution is 8.01. The van der Waals surface area contributed by atoms with E-state index in [4.69, 9.17) is 9.47 Å². The van der Waals surface area contributed by atoms with Gasteiger partial charge in [0.25, 0.3) is 0 Å². The quantitative estimate of drug-likeness (QED) is 0.798. The van der Waals surface area contributed by atoms with Gasteiger partial charge in [-0.25, -0.2) is 0 Å². The van der Waals surface area contributed by atoms with Crippen LogP contribution in [0, 0.1) is 0 Å². The van der Waals surface area contributed by atoms with E-state index in [1.807, 2.05) is 35.7 Å². The SMILES string of the molecule is CCOCC(=O)N1CC2(C[C@@H](OCc3ccncc3)CS2)C1. The molecule has 3 rings (SSSR count). The van der Waals surface area contributed by atoms with Crippen molar-refractivity contribution in [3.63, 3.8) is 0 Å². The zero-order valence-corrected chi connectivity index (χ0v) is 13.7. The molecule has 1 amide bonds. The molecule has 2 fully saturated rings. The van der Waals surface area contributed by atoms with E-state index in [0.717, 1.165) is 30.8 Å². The van der Waals surface area contributed by atoms with Crippen molar-refractivity contribution in [3.8, 4) is 0 Å². The fraction of sp³-hybridized carbons (Fsp3) is 0.625. The van der Waals surface area contributed by atoms with Gasteiger partial charge in [-0.15, -0.1) is 11.8 Å². The molecule has 2 aliphatic rings. The summed E-state index contributed by atoms with van der Waals surface area (Å²) in [4.78, 5) is 17.8. The van der Waals surface area contributed by atoms with E-state index in [2.05, 4.69) is 4.98 Å². The van der Waals surface area contributed by atoms with E-state index >= 15 is 0 Å². The Bertz CT molecular complexity index is 505. The summed E-state index contributed by atoms with van der Waals surface area (Å²) in [5.41, 5.74) is 1.16. The Balaban J connectivity index is 1.41. The number of amides is 1. The van der Waals surface area contributed by atoms with Gasteiger partial charge in [-0.3, -0.25) is 9.78 Å². The zero-order chi connectivity index (χ0) is 15.4. The van der Waals surface area contributed by atoms with Crippen LogP contribution in [0.2, 0.25) is 0 Å². The minimum absolute atomic E-state index is 0.106. The van der Waals surface area contributed by atoms with Crippen LogP contribution in [0.3, 0.4) is 0 Å². The number of carbonyl (C=O) groups excluding carboxylic acids is 1. The Morgan fingerprint density at radius 3 is 2.95 bits per heavy atom. The van der Waals surface area contributed by atoms with Crippen LogP contribution in [-0.4, -0.2) is 58.7 Å². The number of thioether (sulfide) groups is 1. The molecular weight excluding hydrogens is 300 g/mol. The van der Waals surface area contributed by atoms with Gasteiger partial charge in [-0.1, -0.05) is 0 Å². The molecule has 1 aromatic rings. The first kappa shape index (κ1) is 15.8. The molecule has 6 heteroatoms. The number of likely N-dealkylation sites (tertiary alicyclic amines) is 1. The molecule has 0 radical (unpaired) electrons. The number of nitrogens with zero attached hydrogens (tertiary/aromatic N) is 2. The standard InChI is InChI=1S/C16H22N2O3S/c1-2-20-9-15(19)18-11-16(12-18)7-14(10-22-16)21-8-13-3-5-17-6-4-13/h3-6,14H,2,7-12H2,1H3/t14-/m1/s1. The van der Waals surface area contributed by atoms with E-state index in [-0.39, 0.29) is 23.4 Å². The van der Waals surface area contributed by atoms with Crippen LogP contribution in [0.1, 0.15) is 18.9 Å². The minimum Gasteiger partial charge on any atom is -0.373 e.